The van der Waals surface area contributed by atoms with Crippen molar-refractivity contribution in [3.05, 3.63) is 50.3 Å². The molecule has 100 valence electrons. The fraction of sp³-hybridized carbons (Fsp3) is 0.231. The van der Waals surface area contributed by atoms with E-state index in [2.05, 4.69) is 21.0 Å². The van der Waals surface area contributed by atoms with E-state index in [-0.39, 0.29) is 12.2 Å². The maximum Gasteiger partial charge on any atom is 0.345 e. The lowest BCUT2D eigenvalue weighted by Gasteiger charge is -2.06. The minimum Gasteiger partial charge on any atom is -0.462 e. The minimum atomic E-state index is -0.614. The van der Waals surface area contributed by atoms with E-state index < -0.39 is 11.5 Å². The van der Waals surface area contributed by atoms with Crippen LogP contribution in [0.2, 0.25) is 0 Å². The van der Waals surface area contributed by atoms with Crippen molar-refractivity contribution in [2.75, 3.05) is 6.61 Å². The second kappa shape index (κ2) is 5.44. The molecule has 0 aliphatic carbocycles. The Morgan fingerprint density at radius 3 is 2.84 bits per heavy atom. The molecular weight excluding hydrogens is 312 g/mol. The molecule has 0 saturated heterocycles. The van der Waals surface area contributed by atoms with Gasteiger partial charge in [0.25, 0.3) is 5.56 Å². The van der Waals surface area contributed by atoms with Gasteiger partial charge in [-0.3, -0.25) is 9.89 Å². The van der Waals surface area contributed by atoms with Gasteiger partial charge >= 0.3 is 5.97 Å². The maximum atomic E-state index is 12.1. The molecule has 0 saturated carbocycles. The summed E-state index contributed by atoms with van der Waals surface area (Å²) in [5, 5.41) is 2.78. The number of H-pyrrole nitrogens is 1. The van der Waals surface area contributed by atoms with Crippen LogP contribution in [0.4, 0.5) is 0 Å². The third-order valence-corrected chi connectivity index (χ3v) is 3.16. The zero-order chi connectivity index (χ0) is 14.0. The summed E-state index contributed by atoms with van der Waals surface area (Å²) in [7, 11) is 0. The van der Waals surface area contributed by atoms with E-state index in [1.807, 2.05) is 19.1 Å². The smallest absolute Gasteiger partial charge is 0.345 e. The van der Waals surface area contributed by atoms with Crippen molar-refractivity contribution in [3.8, 4) is 5.69 Å². The summed E-state index contributed by atoms with van der Waals surface area (Å²) in [5.41, 5.74) is 1.20. The standard InChI is InChI=1S/C13H13BrN2O3/c1-3-19-13(18)10-7-15-16(12(10)17)11-5-4-9(14)6-8(11)2/h4-7,15H,3H2,1-2H3. The number of aromatic nitrogens is 2. The van der Waals surface area contributed by atoms with Gasteiger partial charge in [0.15, 0.2) is 0 Å². The quantitative estimate of drug-likeness (QED) is 0.882. The van der Waals surface area contributed by atoms with Crippen molar-refractivity contribution in [1.29, 1.82) is 0 Å². The normalized spacial score (nSPS) is 10.5. The Bertz CT molecular complexity index is 673. The number of rotatable bonds is 3. The van der Waals surface area contributed by atoms with E-state index in [9.17, 15) is 9.59 Å². The fourth-order valence-electron chi connectivity index (χ4n) is 1.77. The van der Waals surface area contributed by atoms with Gasteiger partial charge in [0.2, 0.25) is 0 Å². The van der Waals surface area contributed by atoms with Crippen LogP contribution in [0.25, 0.3) is 5.69 Å². The monoisotopic (exact) mass is 324 g/mol. The lowest BCUT2D eigenvalue weighted by molar-refractivity contribution is 0.0525. The lowest BCUT2D eigenvalue weighted by Crippen LogP contribution is -2.21. The van der Waals surface area contributed by atoms with Crippen molar-refractivity contribution in [2.45, 2.75) is 13.8 Å². The number of nitrogens with one attached hydrogen (secondary N) is 1. The molecule has 0 atom stereocenters. The van der Waals surface area contributed by atoms with Crippen LogP contribution in [0.1, 0.15) is 22.8 Å². The predicted octanol–water partition coefficient (Wildman–Crippen LogP) is 2.41. The molecule has 0 fully saturated rings. The first-order valence-electron chi connectivity index (χ1n) is 5.78. The summed E-state index contributed by atoms with van der Waals surface area (Å²) in [5.74, 6) is -0.614. The molecule has 0 amide bonds. The molecule has 5 nitrogen and oxygen atoms in total. The van der Waals surface area contributed by atoms with Crippen LogP contribution in [0.15, 0.2) is 33.7 Å². The summed E-state index contributed by atoms with van der Waals surface area (Å²) >= 11 is 3.36. The Morgan fingerprint density at radius 1 is 1.47 bits per heavy atom. The second-order valence-electron chi connectivity index (χ2n) is 3.98. The van der Waals surface area contributed by atoms with Gasteiger partial charge in [-0.2, -0.15) is 0 Å². The third-order valence-electron chi connectivity index (χ3n) is 2.67. The molecule has 0 aliphatic rings. The topological polar surface area (TPSA) is 64.1 Å². The Balaban J connectivity index is 2.48. The van der Waals surface area contributed by atoms with Crippen molar-refractivity contribution >= 4 is 21.9 Å². The highest BCUT2D eigenvalue weighted by atomic mass is 79.9. The summed E-state index contributed by atoms with van der Waals surface area (Å²) in [6.07, 6.45) is 1.36. The van der Waals surface area contributed by atoms with Gasteiger partial charge < -0.3 is 4.74 Å². The number of hydrogen-bond acceptors (Lipinski definition) is 3. The average molecular weight is 325 g/mol. The SMILES string of the molecule is CCOC(=O)c1c[nH]n(-c2ccc(Br)cc2C)c1=O. The van der Waals surface area contributed by atoms with E-state index >= 15 is 0 Å². The minimum absolute atomic E-state index is 0.00386. The molecular formula is C13H13BrN2O3. The van der Waals surface area contributed by atoms with E-state index in [0.29, 0.717) is 5.69 Å². The number of benzene rings is 1. The van der Waals surface area contributed by atoms with E-state index in [0.717, 1.165) is 10.0 Å². The fourth-order valence-corrected chi connectivity index (χ4v) is 2.25. The highest BCUT2D eigenvalue weighted by molar-refractivity contribution is 9.10. The molecule has 6 heteroatoms. The number of carbonyl (C=O) groups is 1. The first kappa shape index (κ1) is 13.6. The lowest BCUT2D eigenvalue weighted by atomic mass is 10.2. The molecule has 0 spiro atoms. The maximum absolute atomic E-state index is 12.1. The molecule has 1 aromatic carbocycles. The predicted molar refractivity (Wildman–Crippen MR) is 74.8 cm³/mol. The Labute approximate surface area is 118 Å². The largest absolute Gasteiger partial charge is 0.462 e. The van der Waals surface area contributed by atoms with Gasteiger partial charge in [-0.25, -0.2) is 9.48 Å². The van der Waals surface area contributed by atoms with Crippen LogP contribution in [-0.4, -0.2) is 22.4 Å². The number of aromatic amines is 1. The summed E-state index contributed by atoms with van der Waals surface area (Å²) in [6.45, 7) is 3.82. The number of aryl methyl sites for hydroxylation is 1. The van der Waals surface area contributed by atoms with Gasteiger partial charge in [-0.05, 0) is 37.6 Å². The molecule has 19 heavy (non-hydrogen) atoms. The number of carbonyl (C=O) groups excluding carboxylic acids is 1. The molecule has 1 N–H and O–H groups in total. The first-order valence-corrected chi connectivity index (χ1v) is 6.58. The molecule has 1 aromatic heterocycles. The summed E-state index contributed by atoms with van der Waals surface area (Å²) < 4.78 is 7.08. The molecule has 0 bridgehead atoms. The van der Waals surface area contributed by atoms with Crippen LogP contribution < -0.4 is 5.56 Å². The molecule has 2 aromatic rings. The first-order chi connectivity index (χ1) is 9.04. The highest BCUT2D eigenvalue weighted by Gasteiger charge is 2.16. The number of nitrogens with zero attached hydrogens (tertiary/aromatic N) is 1. The Hall–Kier alpha value is -1.82. The van der Waals surface area contributed by atoms with E-state index in [1.165, 1.54) is 10.9 Å². The summed E-state index contributed by atoms with van der Waals surface area (Å²) in [6, 6.07) is 5.53. The molecule has 2 rings (SSSR count). The van der Waals surface area contributed by atoms with Gasteiger partial charge in [0.05, 0.1) is 12.3 Å². The van der Waals surface area contributed by atoms with Gasteiger partial charge in [-0.1, -0.05) is 15.9 Å². The molecule has 0 radical (unpaired) electrons. The van der Waals surface area contributed by atoms with Crippen LogP contribution in [-0.2, 0) is 4.74 Å². The van der Waals surface area contributed by atoms with E-state index in [1.54, 1.807) is 13.0 Å². The van der Waals surface area contributed by atoms with Gasteiger partial charge in [0, 0.05) is 10.7 Å². The van der Waals surface area contributed by atoms with E-state index in [4.69, 9.17) is 4.74 Å². The number of ether oxygens (including phenoxy) is 1. The summed E-state index contributed by atoms with van der Waals surface area (Å²) in [4.78, 5) is 23.7. The number of esters is 1. The zero-order valence-electron chi connectivity index (χ0n) is 10.6. The van der Waals surface area contributed by atoms with Gasteiger partial charge in [-0.15, -0.1) is 0 Å². The number of hydrogen-bond donors (Lipinski definition) is 1. The Morgan fingerprint density at radius 2 is 2.21 bits per heavy atom. The van der Waals surface area contributed by atoms with Crippen LogP contribution in [0.3, 0.4) is 0 Å². The number of halogens is 1. The molecule has 0 aliphatic heterocycles. The average Bonchev–Trinajstić information content (AvgIpc) is 2.72. The van der Waals surface area contributed by atoms with Crippen molar-refractivity contribution < 1.29 is 9.53 Å². The molecule has 1 heterocycles. The molecule has 0 unspecified atom stereocenters. The van der Waals surface area contributed by atoms with Crippen molar-refractivity contribution in [3.63, 3.8) is 0 Å². The van der Waals surface area contributed by atoms with Gasteiger partial charge in [0.1, 0.15) is 5.56 Å². The van der Waals surface area contributed by atoms with Crippen molar-refractivity contribution in [2.24, 2.45) is 0 Å². The zero-order valence-corrected chi connectivity index (χ0v) is 12.2. The highest BCUT2D eigenvalue weighted by Crippen LogP contribution is 2.17. The van der Waals surface area contributed by atoms with Crippen LogP contribution >= 0.6 is 15.9 Å². The van der Waals surface area contributed by atoms with Crippen LogP contribution in [0, 0.1) is 6.92 Å². The second-order valence-corrected chi connectivity index (χ2v) is 4.89. The van der Waals surface area contributed by atoms with Crippen molar-refractivity contribution in [1.82, 2.24) is 9.78 Å². The third kappa shape index (κ3) is 2.63. The van der Waals surface area contributed by atoms with Crippen LogP contribution in [0.5, 0.6) is 0 Å². The Kier molecular flexibility index (Phi) is 3.90.